The summed E-state index contributed by atoms with van der Waals surface area (Å²) in [7, 11) is 1.74. The highest BCUT2D eigenvalue weighted by Gasteiger charge is 2.28. The Morgan fingerprint density at radius 1 is 0.973 bits per heavy atom. The van der Waals surface area contributed by atoms with Crippen LogP contribution in [0.2, 0.25) is 0 Å². The normalized spacial score (nSPS) is 10.9. The van der Waals surface area contributed by atoms with Gasteiger partial charge in [0.2, 0.25) is 5.91 Å². The monoisotopic (exact) mass is 517 g/mol. The molecule has 0 aliphatic heterocycles. The van der Waals surface area contributed by atoms with E-state index >= 15 is 0 Å². The van der Waals surface area contributed by atoms with E-state index in [9.17, 15) is 9.59 Å². The minimum atomic E-state index is -0.616. The molecular formula is C30H35N3O3S. The van der Waals surface area contributed by atoms with Gasteiger partial charge in [-0.25, -0.2) is 0 Å². The summed E-state index contributed by atoms with van der Waals surface area (Å²) in [6.45, 7) is 8.39. The highest BCUT2D eigenvalue weighted by atomic mass is 32.1. The zero-order valence-electron chi connectivity index (χ0n) is 22.1. The standard InChI is InChI=1S/C30H35N3O3S/c1-21-12-13-22(2)26(20-21)36-19-9-18-30(3,4)28(35)32-29(37)31-24-16-14-23(15-17-24)27(34)33(5)25-10-7-6-8-11-25/h6-8,10-17,20H,9,18-19H2,1-5H3,(H2,31,32,35,37). The summed E-state index contributed by atoms with van der Waals surface area (Å²) < 4.78 is 5.92. The number of carbonyl (C=O) groups excluding carboxylic acids is 2. The molecule has 0 saturated carbocycles. The maximum absolute atomic E-state index is 12.9. The Balaban J connectivity index is 1.47. The minimum Gasteiger partial charge on any atom is -0.493 e. The summed E-state index contributed by atoms with van der Waals surface area (Å²) in [6.07, 6.45) is 1.39. The third-order valence-electron chi connectivity index (χ3n) is 6.23. The third-order valence-corrected chi connectivity index (χ3v) is 6.43. The number of carbonyl (C=O) groups is 2. The first-order valence-corrected chi connectivity index (χ1v) is 12.7. The Kier molecular flexibility index (Phi) is 9.42. The highest BCUT2D eigenvalue weighted by Crippen LogP contribution is 2.24. The number of hydrogen-bond donors (Lipinski definition) is 2. The molecule has 2 amide bonds. The van der Waals surface area contributed by atoms with Gasteiger partial charge in [-0.3, -0.25) is 9.59 Å². The minimum absolute atomic E-state index is 0.114. The first-order valence-electron chi connectivity index (χ1n) is 12.3. The first-order chi connectivity index (χ1) is 17.6. The number of para-hydroxylation sites is 1. The summed E-state index contributed by atoms with van der Waals surface area (Å²) in [5, 5.41) is 6.02. The molecule has 3 aromatic rings. The zero-order chi connectivity index (χ0) is 27.0. The highest BCUT2D eigenvalue weighted by molar-refractivity contribution is 7.80. The second-order valence-corrected chi connectivity index (χ2v) is 10.2. The Morgan fingerprint density at radius 2 is 1.65 bits per heavy atom. The van der Waals surface area contributed by atoms with Crippen LogP contribution in [0.25, 0.3) is 0 Å². The van der Waals surface area contributed by atoms with Crippen LogP contribution in [0.1, 0.15) is 48.2 Å². The van der Waals surface area contributed by atoms with Gasteiger partial charge in [0.1, 0.15) is 5.75 Å². The zero-order valence-corrected chi connectivity index (χ0v) is 22.9. The molecule has 3 rings (SSSR count). The van der Waals surface area contributed by atoms with Crippen LogP contribution in [0, 0.1) is 19.3 Å². The van der Waals surface area contributed by atoms with Crippen molar-refractivity contribution in [1.29, 1.82) is 0 Å². The fourth-order valence-electron chi connectivity index (χ4n) is 3.77. The summed E-state index contributed by atoms with van der Waals surface area (Å²) in [5.74, 6) is 0.608. The number of rotatable bonds is 9. The van der Waals surface area contributed by atoms with Gasteiger partial charge < -0.3 is 20.3 Å². The average molecular weight is 518 g/mol. The molecule has 194 valence electrons. The van der Waals surface area contributed by atoms with Crippen LogP contribution in [0.4, 0.5) is 11.4 Å². The molecule has 37 heavy (non-hydrogen) atoms. The van der Waals surface area contributed by atoms with E-state index < -0.39 is 5.41 Å². The Hall–Kier alpha value is -3.71. The fraction of sp³-hybridized carbons (Fsp3) is 0.300. The molecule has 0 aliphatic carbocycles. The van der Waals surface area contributed by atoms with Gasteiger partial charge in [-0.05, 0) is 92.5 Å². The Labute approximate surface area is 225 Å². The van der Waals surface area contributed by atoms with Crippen molar-refractivity contribution >= 4 is 40.5 Å². The van der Waals surface area contributed by atoms with Crippen molar-refractivity contribution in [3.63, 3.8) is 0 Å². The van der Waals surface area contributed by atoms with Crippen molar-refractivity contribution in [2.45, 2.75) is 40.5 Å². The van der Waals surface area contributed by atoms with Gasteiger partial charge in [-0.15, -0.1) is 0 Å². The Morgan fingerprint density at radius 3 is 2.32 bits per heavy atom. The lowest BCUT2D eigenvalue weighted by Gasteiger charge is -2.24. The molecular weight excluding hydrogens is 482 g/mol. The van der Waals surface area contributed by atoms with Gasteiger partial charge in [0.25, 0.3) is 5.91 Å². The third kappa shape index (κ3) is 7.89. The first kappa shape index (κ1) is 27.9. The molecule has 0 unspecified atom stereocenters. The number of hydrogen-bond acceptors (Lipinski definition) is 4. The maximum atomic E-state index is 12.9. The van der Waals surface area contributed by atoms with Crippen molar-refractivity contribution in [3.05, 3.63) is 89.5 Å². The average Bonchev–Trinajstić information content (AvgIpc) is 2.88. The van der Waals surface area contributed by atoms with E-state index in [2.05, 4.69) is 16.7 Å². The Bertz CT molecular complexity index is 1240. The van der Waals surface area contributed by atoms with Gasteiger partial charge >= 0.3 is 0 Å². The van der Waals surface area contributed by atoms with Crippen LogP contribution in [-0.4, -0.2) is 30.6 Å². The number of benzene rings is 3. The van der Waals surface area contributed by atoms with E-state index in [0.717, 1.165) is 29.0 Å². The number of nitrogens with one attached hydrogen (secondary N) is 2. The molecule has 0 atom stereocenters. The quantitative estimate of drug-likeness (QED) is 0.258. The van der Waals surface area contributed by atoms with Crippen molar-refractivity contribution in [1.82, 2.24) is 5.32 Å². The molecule has 2 N–H and O–H groups in total. The van der Waals surface area contributed by atoms with Crippen molar-refractivity contribution in [3.8, 4) is 5.75 Å². The van der Waals surface area contributed by atoms with Crippen LogP contribution in [0.15, 0.2) is 72.8 Å². The maximum Gasteiger partial charge on any atom is 0.258 e. The molecule has 3 aromatic carbocycles. The van der Waals surface area contributed by atoms with E-state index in [1.807, 2.05) is 70.2 Å². The lowest BCUT2D eigenvalue weighted by atomic mass is 9.87. The van der Waals surface area contributed by atoms with Crippen LogP contribution in [0.5, 0.6) is 5.75 Å². The molecule has 0 heterocycles. The van der Waals surface area contributed by atoms with Gasteiger partial charge in [0, 0.05) is 29.4 Å². The van der Waals surface area contributed by atoms with Gasteiger partial charge in [-0.1, -0.05) is 44.2 Å². The number of thiocarbonyl (C=S) groups is 1. The van der Waals surface area contributed by atoms with Crippen molar-refractivity contribution in [2.75, 3.05) is 23.9 Å². The molecule has 0 spiro atoms. The molecule has 0 aromatic heterocycles. The molecule has 0 aliphatic rings. The fourth-order valence-corrected chi connectivity index (χ4v) is 3.98. The van der Waals surface area contributed by atoms with E-state index in [1.54, 1.807) is 36.2 Å². The van der Waals surface area contributed by atoms with E-state index in [-0.39, 0.29) is 16.9 Å². The largest absolute Gasteiger partial charge is 0.493 e. The van der Waals surface area contributed by atoms with Gasteiger partial charge in [-0.2, -0.15) is 0 Å². The van der Waals surface area contributed by atoms with Crippen LogP contribution < -0.4 is 20.3 Å². The van der Waals surface area contributed by atoms with E-state index in [4.69, 9.17) is 17.0 Å². The molecule has 0 fully saturated rings. The summed E-state index contributed by atoms with van der Waals surface area (Å²) >= 11 is 5.35. The molecule has 0 bridgehead atoms. The second kappa shape index (κ2) is 12.5. The predicted octanol–water partition coefficient (Wildman–Crippen LogP) is 6.28. The van der Waals surface area contributed by atoms with Crippen LogP contribution in [-0.2, 0) is 4.79 Å². The van der Waals surface area contributed by atoms with Crippen LogP contribution >= 0.6 is 12.2 Å². The smallest absolute Gasteiger partial charge is 0.258 e. The number of aryl methyl sites for hydroxylation is 2. The van der Waals surface area contributed by atoms with Crippen molar-refractivity contribution in [2.24, 2.45) is 5.41 Å². The molecule has 0 saturated heterocycles. The van der Waals surface area contributed by atoms with Gasteiger partial charge in [0.05, 0.1) is 6.61 Å². The lowest BCUT2D eigenvalue weighted by molar-refractivity contribution is -0.128. The number of ether oxygens (including phenoxy) is 1. The van der Waals surface area contributed by atoms with E-state index in [1.165, 1.54) is 0 Å². The number of anilines is 2. The molecule has 0 radical (unpaired) electrons. The SMILES string of the molecule is Cc1ccc(C)c(OCCCC(C)(C)C(=O)NC(=S)Nc2ccc(C(=O)N(C)c3ccccc3)cc2)c1. The summed E-state index contributed by atoms with van der Waals surface area (Å²) in [4.78, 5) is 27.2. The van der Waals surface area contributed by atoms with Gasteiger partial charge in [0.15, 0.2) is 5.11 Å². The molecule has 6 nitrogen and oxygen atoms in total. The number of amides is 2. The van der Waals surface area contributed by atoms with Crippen molar-refractivity contribution < 1.29 is 14.3 Å². The predicted molar refractivity (Wildman–Crippen MR) is 154 cm³/mol. The second-order valence-electron chi connectivity index (χ2n) is 9.79. The number of nitrogens with zero attached hydrogens (tertiary/aromatic N) is 1. The summed E-state index contributed by atoms with van der Waals surface area (Å²) in [6, 6.07) is 22.6. The molecule has 7 heteroatoms. The topological polar surface area (TPSA) is 70.7 Å². The van der Waals surface area contributed by atoms with Crippen LogP contribution in [0.3, 0.4) is 0 Å². The summed E-state index contributed by atoms with van der Waals surface area (Å²) in [5.41, 5.74) is 3.69. The van der Waals surface area contributed by atoms with E-state index in [0.29, 0.717) is 24.3 Å². The lowest BCUT2D eigenvalue weighted by Crippen LogP contribution is -2.42.